The molecule has 1 N–H and O–H groups in total. The van der Waals surface area contributed by atoms with Crippen LogP contribution in [0.4, 0.5) is 52.7 Å². The Morgan fingerprint density at radius 2 is 1.24 bits per heavy atom. The van der Waals surface area contributed by atoms with E-state index in [1.54, 1.807) is 0 Å². The normalized spacial score (nSPS) is 31.8. The highest BCUT2D eigenvalue weighted by Gasteiger charge is 2.81. The molecule has 2 bridgehead atoms. The molecule has 2 saturated carbocycles. The first-order valence-corrected chi connectivity index (χ1v) is 9.63. The third-order valence-electron chi connectivity index (χ3n) is 7.24. The van der Waals surface area contributed by atoms with Gasteiger partial charge < -0.3 is 9.84 Å². The van der Waals surface area contributed by atoms with Crippen LogP contribution in [0, 0.1) is 35.5 Å². The predicted octanol–water partition coefficient (Wildman–Crippen LogP) is 5.81. The molecule has 194 valence electrons. The molecule has 0 spiro atoms. The predicted molar refractivity (Wildman–Crippen MR) is 85.2 cm³/mol. The van der Waals surface area contributed by atoms with E-state index in [1.165, 1.54) is 6.92 Å². The molecule has 0 aromatic rings. The maximum absolute atomic E-state index is 13.6. The lowest BCUT2D eigenvalue weighted by Gasteiger charge is -2.42. The average Bonchev–Trinajstić information content (AvgIpc) is 3.03. The molecule has 2 fully saturated rings. The van der Waals surface area contributed by atoms with Gasteiger partial charge in [0.2, 0.25) is 0 Å². The standard InChI is InChI=1S/C18H20F12O3/c1-6-7(2)11-9(5-13(15(19,20)21,16(22,23)24)33-8(3)31)4-10(6)12(11)14(32,17(25,26)27)18(28,29)30/h6-7,9-12,32H,4-5H2,1-3H3. The van der Waals surface area contributed by atoms with Crippen molar-refractivity contribution in [1.29, 1.82) is 0 Å². The van der Waals surface area contributed by atoms with Crippen LogP contribution in [0.3, 0.4) is 0 Å². The number of esters is 1. The topological polar surface area (TPSA) is 46.5 Å². The van der Waals surface area contributed by atoms with Gasteiger partial charge in [0.15, 0.2) is 0 Å². The van der Waals surface area contributed by atoms with Crippen LogP contribution in [-0.4, -0.2) is 47.0 Å². The number of hydrogen-bond acceptors (Lipinski definition) is 3. The number of rotatable bonds is 4. The lowest BCUT2D eigenvalue weighted by atomic mass is 9.70. The van der Waals surface area contributed by atoms with Gasteiger partial charge in [0, 0.05) is 19.3 Å². The number of aliphatic hydroxyl groups is 1. The Bertz CT molecular complexity index is 723. The minimum Gasteiger partial charge on any atom is -0.440 e. The van der Waals surface area contributed by atoms with E-state index < -0.39 is 90.2 Å². The van der Waals surface area contributed by atoms with E-state index in [9.17, 15) is 62.6 Å². The van der Waals surface area contributed by atoms with Crippen molar-refractivity contribution < 1.29 is 67.3 Å². The summed E-state index contributed by atoms with van der Waals surface area (Å²) in [4.78, 5) is 11.1. The van der Waals surface area contributed by atoms with Gasteiger partial charge in [0.05, 0.1) is 0 Å². The van der Waals surface area contributed by atoms with Gasteiger partial charge in [-0.05, 0) is 36.0 Å². The maximum Gasteiger partial charge on any atom is 0.437 e. The summed E-state index contributed by atoms with van der Waals surface area (Å²) in [5.74, 6) is -12.6. The number of fused-ring (bicyclic) bond motifs is 2. The van der Waals surface area contributed by atoms with E-state index in [1.807, 2.05) is 0 Å². The Hall–Kier alpha value is -1.41. The largest absolute Gasteiger partial charge is 0.440 e. The van der Waals surface area contributed by atoms with E-state index in [0.29, 0.717) is 0 Å². The number of carbonyl (C=O) groups is 1. The minimum absolute atomic E-state index is 0.257. The molecule has 2 aliphatic carbocycles. The van der Waals surface area contributed by atoms with Crippen LogP contribution < -0.4 is 0 Å². The monoisotopic (exact) mass is 512 g/mol. The summed E-state index contributed by atoms with van der Waals surface area (Å²) in [7, 11) is 0. The molecule has 0 aromatic carbocycles. The molecular formula is C18H20F12O3. The fourth-order valence-corrected chi connectivity index (χ4v) is 5.78. The fourth-order valence-electron chi connectivity index (χ4n) is 5.78. The lowest BCUT2D eigenvalue weighted by Crippen LogP contribution is -2.63. The van der Waals surface area contributed by atoms with Crippen LogP contribution in [-0.2, 0) is 9.53 Å². The molecule has 3 nitrogen and oxygen atoms in total. The third-order valence-corrected chi connectivity index (χ3v) is 7.24. The van der Waals surface area contributed by atoms with Crippen molar-refractivity contribution in [1.82, 2.24) is 0 Å². The van der Waals surface area contributed by atoms with Gasteiger partial charge in [0.1, 0.15) is 0 Å². The number of alkyl halides is 12. The van der Waals surface area contributed by atoms with E-state index >= 15 is 0 Å². The number of carbonyl (C=O) groups excluding carboxylic acids is 1. The Morgan fingerprint density at radius 1 is 0.818 bits per heavy atom. The van der Waals surface area contributed by atoms with E-state index in [2.05, 4.69) is 4.74 Å². The summed E-state index contributed by atoms with van der Waals surface area (Å²) >= 11 is 0. The van der Waals surface area contributed by atoms with Gasteiger partial charge >= 0.3 is 36.3 Å². The van der Waals surface area contributed by atoms with Crippen LogP contribution >= 0.6 is 0 Å². The van der Waals surface area contributed by atoms with Crippen molar-refractivity contribution in [2.45, 2.75) is 69.5 Å². The molecule has 0 saturated heterocycles. The SMILES string of the molecule is CC(=O)OC(CC1CC2C(C)C(C)C1C2C(O)(C(F)(F)F)C(F)(F)F)(C(F)(F)F)C(F)(F)F. The van der Waals surface area contributed by atoms with Crippen molar-refractivity contribution in [3.8, 4) is 0 Å². The molecule has 15 heteroatoms. The molecule has 0 aromatic heterocycles. The first-order chi connectivity index (χ1) is 14.4. The second kappa shape index (κ2) is 7.80. The zero-order chi connectivity index (χ0) is 26.2. The minimum atomic E-state index is -6.30. The van der Waals surface area contributed by atoms with Crippen LogP contribution in [0.1, 0.15) is 33.6 Å². The summed E-state index contributed by atoms with van der Waals surface area (Å²) in [5, 5.41) is 9.90. The third kappa shape index (κ3) is 4.05. The zero-order valence-electron chi connectivity index (χ0n) is 17.2. The Morgan fingerprint density at radius 3 is 1.58 bits per heavy atom. The highest BCUT2D eigenvalue weighted by Crippen LogP contribution is 2.68. The molecule has 0 radical (unpaired) electrons. The van der Waals surface area contributed by atoms with E-state index in [-0.39, 0.29) is 6.92 Å². The molecular weight excluding hydrogens is 492 g/mol. The zero-order valence-corrected chi connectivity index (χ0v) is 17.2. The van der Waals surface area contributed by atoms with Crippen molar-refractivity contribution in [3.05, 3.63) is 0 Å². The van der Waals surface area contributed by atoms with Gasteiger partial charge in [-0.25, -0.2) is 0 Å². The molecule has 6 unspecified atom stereocenters. The van der Waals surface area contributed by atoms with Crippen LogP contribution in [0.15, 0.2) is 0 Å². The Labute approximate surface area is 179 Å². The van der Waals surface area contributed by atoms with Crippen LogP contribution in [0.25, 0.3) is 0 Å². The lowest BCUT2D eigenvalue weighted by molar-refractivity contribution is -0.391. The average molecular weight is 512 g/mol. The first kappa shape index (κ1) is 27.8. The molecule has 0 amide bonds. The number of hydrogen-bond donors (Lipinski definition) is 1. The first-order valence-electron chi connectivity index (χ1n) is 9.63. The summed E-state index contributed by atoms with van der Waals surface area (Å²) < 4.78 is 166. The molecule has 0 heterocycles. The van der Waals surface area contributed by atoms with E-state index in [4.69, 9.17) is 0 Å². The number of ether oxygens (including phenoxy) is 1. The summed E-state index contributed by atoms with van der Waals surface area (Å²) in [5.41, 5.74) is -10.5. The van der Waals surface area contributed by atoms with Crippen molar-refractivity contribution in [2.75, 3.05) is 0 Å². The van der Waals surface area contributed by atoms with Crippen molar-refractivity contribution in [3.63, 3.8) is 0 Å². The summed E-state index contributed by atoms with van der Waals surface area (Å²) in [6.07, 6.45) is -28.1. The summed E-state index contributed by atoms with van der Waals surface area (Å²) in [6, 6.07) is 0. The van der Waals surface area contributed by atoms with Gasteiger partial charge in [-0.15, -0.1) is 0 Å². The van der Waals surface area contributed by atoms with Gasteiger partial charge in [-0.2, -0.15) is 52.7 Å². The Kier molecular flexibility index (Phi) is 6.58. The fraction of sp³-hybridized carbons (Fsp3) is 0.944. The van der Waals surface area contributed by atoms with Crippen LogP contribution in [0.5, 0.6) is 0 Å². The smallest absolute Gasteiger partial charge is 0.437 e. The second-order valence-electron chi connectivity index (χ2n) is 8.86. The van der Waals surface area contributed by atoms with Crippen LogP contribution in [0.2, 0.25) is 0 Å². The highest BCUT2D eigenvalue weighted by atomic mass is 19.4. The molecule has 0 aliphatic heterocycles. The molecule has 2 aliphatic rings. The van der Waals surface area contributed by atoms with Crippen molar-refractivity contribution >= 4 is 5.97 Å². The molecule has 6 atom stereocenters. The van der Waals surface area contributed by atoms with E-state index in [0.717, 1.165) is 6.92 Å². The number of halogens is 12. The van der Waals surface area contributed by atoms with Gasteiger partial charge in [-0.3, -0.25) is 4.79 Å². The summed E-state index contributed by atoms with van der Waals surface area (Å²) in [6.45, 7) is 2.58. The maximum atomic E-state index is 13.6. The van der Waals surface area contributed by atoms with Gasteiger partial charge in [0.25, 0.3) is 5.60 Å². The molecule has 2 rings (SSSR count). The molecule has 33 heavy (non-hydrogen) atoms. The quantitative estimate of drug-likeness (QED) is 0.382. The second-order valence-corrected chi connectivity index (χ2v) is 8.86. The van der Waals surface area contributed by atoms with Crippen molar-refractivity contribution in [2.24, 2.45) is 35.5 Å². The Balaban J connectivity index is 2.64. The van der Waals surface area contributed by atoms with Gasteiger partial charge in [-0.1, -0.05) is 13.8 Å². The highest BCUT2D eigenvalue weighted by molar-refractivity contribution is 5.66.